The Labute approximate surface area is 118 Å². The molecule has 0 saturated carbocycles. The Morgan fingerprint density at radius 1 is 1.39 bits per heavy atom. The number of carbonyl (C=O) groups is 1. The monoisotopic (exact) mass is 312 g/mol. The van der Waals surface area contributed by atoms with Gasteiger partial charge in [-0.3, -0.25) is 4.79 Å². The van der Waals surface area contributed by atoms with Crippen molar-refractivity contribution in [2.24, 2.45) is 5.92 Å². The fourth-order valence-electron chi connectivity index (χ4n) is 1.85. The normalized spacial score (nSPS) is 13.4. The lowest BCUT2D eigenvalue weighted by Gasteiger charge is -2.20. The van der Waals surface area contributed by atoms with Gasteiger partial charge in [0.15, 0.2) is 0 Å². The molecule has 3 heteroatoms. The lowest BCUT2D eigenvalue weighted by atomic mass is 9.86. The second kappa shape index (κ2) is 5.87. The molecule has 0 amide bonds. The molecule has 100 valence electrons. The summed E-state index contributed by atoms with van der Waals surface area (Å²) < 4.78 is 1.01. The van der Waals surface area contributed by atoms with E-state index < -0.39 is 5.97 Å². The van der Waals surface area contributed by atoms with Crippen LogP contribution in [0.15, 0.2) is 22.7 Å². The quantitative estimate of drug-likeness (QED) is 0.894. The minimum Gasteiger partial charge on any atom is -0.481 e. The Kier molecular flexibility index (Phi) is 4.97. The molecule has 0 aliphatic heterocycles. The van der Waals surface area contributed by atoms with Gasteiger partial charge in [-0.1, -0.05) is 55.8 Å². The van der Waals surface area contributed by atoms with E-state index >= 15 is 0 Å². The number of carboxylic acids is 1. The molecule has 1 atom stereocenters. The molecule has 1 unspecified atom stereocenters. The van der Waals surface area contributed by atoms with Crippen LogP contribution in [0.25, 0.3) is 0 Å². The number of halogens is 1. The van der Waals surface area contributed by atoms with Gasteiger partial charge in [-0.25, -0.2) is 0 Å². The van der Waals surface area contributed by atoms with E-state index in [0.717, 1.165) is 10.0 Å². The van der Waals surface area contributed by atoms with Gasteiger partial charge in [-0.05, 0) is 35.4 Å². The third-order valence-electron chi connectivity index (χ3n) is 3.23. The molecular weight excluding hydrogens is 292 g/mol. The van der Waals surface area contributed by atoms with Crippen molar-refractivity contribution < 1.29 is 9.90 Å². The first-order valence-electron chi connectivity index (χ1n) is 6.27. The number of aliphatic carboxylic acids is 1. The highest BCUT2D eigenvalue weighted by Crippen LogP contribution is 2.29. The van der Waals surface area contributed by atoms with Crippen molar-refractivity contribution in [1.82, 2.24) is 0 Å². The second-order valence-electron chi connectivity index (χ2n) is 5.70. The summed E-state index contributed by atoms with van der Waals surface area (Å²) >= 11 is 3.55. The fraction of sp³-hybridized carbons (Fsp3) is 0.533. The van der Waals surface area contributed by atoms with Crippen LogP contribution < -0.4 is 0 Å². The lowest BCUT2D eigenvalue weighted by Crippen LogP contribution is -2.16. The zero-order valence-electron chi connectivity index (χ0n) is 11.5. The van der Waals surface area contributed by atoms with Crippen molar-refractivity contribution in [1.29, 1.82) is 0 Å². The smallest absolute Gasteiger partial charge is 0.306 e. The molecule has 0 heterocycles. The van der Waals surface area contributed by atoms with Gasteiger partial charge in [0, 0.05) is 4.47 Å². The topological polar surface area (TPSA) is 37.3 Å². The maximum absolute atomic E-state index is 11.1. The minimum atomic E-state index is -0.718. The first-order valence-corrected chi connectivity index (χ1v) is 7.06. The van der Waals surface area contributed by atoms with Crippen LogP contribution in [-0.2, 0) is 16.6 Å². The molecule has 0 spiro atoms. The second-order valence-corrected chi connectivity index (χ2v) is 6.56. The van der Waals surface area contributed by atoms with E-state index in [1.807, 2.05) is 13.0 Å². The molecule has 0 saturated heterocycles. The van der Waals surface area contributed by atoms with Crippen molar-refractivity contribution in [2.75, 3.05) is 0 Å². The number of rotatable bonds is 4. The Hall–Kier alpha value is -0.830. The molecule has 0 aliphatic carbocycles. The van der Waals surface area contributed by atoms with Crippen LogP contribution in [0.2, 0.25) is 0 Å². The SMILES string of the molecule is CCC(Cc1ccc(C(C)(C)C)cc1Br)C(=O)O. The maximum atomic E-state index is 11.1. The minimum absolute atomic E-state index is 0.109. The molecule has 2 nitrogen and oxygen atoms in total. The van der Waals surface area contributed by atoms with Crippen LogP contribution in [-0.4, -0.2) is 11.1 Å². The van der Waals surface area contributed by atoms with E-state index in [0.29, 0.717) is 12.8 Å². The van der Waals surface area contributed by atoms with Gasteiger partial charge in [0.25, 0.3) is 0 Å². The van der Waals surface area contributed by atoms with Crippen LogP contribution in [0.3, 0.4) is 0 Å². The van der Waals surface area contributed by atoms with E-state index in [-0.39, 0.29) is 11.3 Å². The first kappa shape index (κ1) is 15.2. The number of hydrogen-bond acceptors (Lipinski definition) is 1. The highest BCUT2D eigenvalue weighted by molar-refractivity contribution is 9.10. The summed E-state index contributed by atoms with van der Waals surface area (Å²) in [5, 5.41) is 9.09. The van der Waals surface area contributed by atoms with Gasteiger partial charge in [0.05, 0.1) is 5.92 Å². The lowest BCUT2D eigenvalue weighted by molar-refractivity contribution is -0.141. The van der Waals surface area contributed by atoms with E-state index in [9.17, 15) is 4.79 Å². The van der Waals surface area contributed by atoms with Crippen LogP contribution in [0, 0.1) is 5.92 Å². The molecule has 0 fully saturated rings. The fourth-order valence-corrected chi connectivity index (χ4v) is 2.39. The Bertz CT molecular complexity index is 433. The molecule has 0 aliphatic rings. The van der Waals surface area contributed by atoms with Gasteiger partial charge in [0.2, 0.25) is 0 Å². The average molecular weight is 313 g/mol. The van der Waals surface area contributed by atoms with Crippen LogP contribution in [0.1, 0.15) is 45.2 Å². The summed E-state index contributed by atoms with van der Waals surface area (Å²) in [7, 11) is 0. The van der Waals surface area contributed by atoms with Crippen LogP contribution in [0.5, 0.6) is 0 Å². The van der Waals surface area contributed by atoms with E-state index in [4.69, 9.17) is 5.11 Å². The molecule has 0 aromatic heterocycles. The Balaban J connectivity index is 2.96. The van der Waals surface area contributed by atoms with Gasteiger partial charge in [-0.15, -0.1) is 0 Å². The molecule has 1 aromatic rings. The highest BCUT2D eigenvalue weighted by Gasteiger charge is 2.19. The van der Waals surface area contributed by atoms with E-state index in [2.05, 4.69) is 48.8 Å². The maximum Gasteiger partial charge on any atom is 0.306 e. The Morgan fingerprint density at radius 2 is 2.00 bits per heavy atom. The van der Waals surface area contributed by atoms with Crippen molar-refractivity contribution in [2.45, 2.75) is 46.0 Å². The number of carboxylic acid groups (broad SMARTS) is 1. The van der Waals surface area contributed by atoms with E-state index in [1.165, 1.54) is 5.56 Å². The molecule has 1 N–H and O–H groups in total. The standard InChI is InChI=1S/C15H21BrO2/c1-5-10(14(17)18)8-11-6-7-12(9-13(11)16)15(2,3)4/h6-7,9-10H,5,8H2,1-4H3,(H,17,18). The summed E-state index contributed by atoms with van der Waals surface area (Å²) in [6, 6.07) is 6.23. The molecule has 1 rings (SSSR count). The molecule has 18 heavy (non-hydrogen) atoms. The van der Waals surface area contributed by atoms with Gasteiger partial charge in [0.1, 0.15) is 0 Å². The first-order chi connectivity index (χ1) is 8.25. The third-order valence-corrected chi connectivity index (χ3v) is 3.97. The molecular formula is C15H21BrO2. The Morgan fingerprint density at radius 3 is 2.39 bits per heavy atom. The summed E-state index contributed by atoms with van der Waals surface area (Å²) in [6.45, 7) is 8.41. The van der Waals surface area contributed by atoms with E-state index in [1.54, 1.807) is 0 Å². The van der Waals surface area contributed by atoms with Crippen molar-refractivity contribution in [3.8, 4) is 0 Å². The van der Waals surface area contributed by atoms with Crippen molar-refractivity contribution >= 4 is 21.9 Å². The summed E-state index contributed by atoms with van der Waals surface area (Å²) in [4.78, 5) is 11.1. The molecule has 0 radical (unpaired) electrons. The van der Waals surface area contributed by atoms with Crippen molar-refractivity contribution in [3.05, 3.63) is 33.8 Å². The number of benzene rings is 1. The summed E-state index contributed by atoms with van der Waals surface area (Å²) in [6.07, 6.45) is 1.24. The van der Waals surface area contributed by atoms with Gasteiger partial charge in [-0.2, -0.15) is 0 Å². The van der Waals surface area contributed by atoms with Gasteiger partial charge < -0.3 is 5.11 Å². The zero-order chi connectivity index (χ0) is 13.9. The third kappa shape index (κ3) is 3.84. The van der Waals surface area contributed by atoms with Gasteiger partial charge >= 0.3 is 5.97 Å². The highest BCUT2D eigenvalue weighted by atomic mass is 79.9. The molecule has 0 bridgehead atoms. The van der Waals surface area contributed by atoms with Crippen LogP contribution in [0.4, 0.5) is 0 Å². The number of hydrogen-bond donors (Lipinski definition) is 1. The largest absolute Gasteiger partial charge is 0.481 e. The summed E-state index contributed by atoms with van der Waals surface area (Å²) in [5.41, 5.74) is 2.43. The average Bonchev–Trinajstić information content (AvgIpc) is 2.25. The predicted molar refractivity (Wildman–Crippen MR) is 78.0 cm³/mol. The molecule has 1 aromatic carbocycles. The van der Waals surface area contributed by atoms with Crippen molar-refractivity contribution in [3.63, 3.8) is 0 Å². The summed E-state index contributed by atoms with van der Waals surface area (Å²) in [5.74, 6) is -1.02. The van der Waals surface area contributed by atoms with Crippen LogP contribution >= 0.6 is 15.9 Å². The zero-order valence-corrected chi connectivity index (χ0v) is 13.0. The predicted octanol–water partition coefficient (Wildman–Crippen LogP) is 4.40.